The lowest BCUT2D eigenvalue weighted by molar-refractivity contribution is -0.138. The van der Waals surface area contributed by atoms with Gasteiger partial charge in [-0.25, -0.2) is 0 Å². The zero-order valence-electron chi connectivity index (χ0n) is 18.7. The van der Waals surface area contributed by atoms with Crippen LogP contribution in [0, 0.1) is 13.8 Å². The van der Waals surface area contributed by atoms with Gasteiger partial charge in [0.2, 0.25) is 0 Å². The molecule has 2 aromatic carbocycles. The van der Waals surface area contributed by atoms with E-state index in [0.29, 0.717) is 43.3 Å². The first-order chi connectivity index (χ1) is 15.5. The van der Waals surface area contributed by atoms with Crippen LogP contribution in [0.4, 0.5) is 0 Å². The third-order valence-electron chi connectivity index (χ3n) is 5.91. The highest BCUT2D eigenvalue weighted by Gasteiger charge is 2.41. The molecule has 1 fully saturated rings. The quantitative estimate of drug-likeness (QED) is 0.622. The van der Waals surface area contributed by atoms with Gasteiger partial charge in [-0.1, -0.05) is 18.2 Å². The number of benzene rings is 2. The monoisotopic (exact) mass is 436 g/mol. The summed E-state index contributed by atoms with van der Waals surface area (Å²) < 4.78 is 16.4. The molecule has 32 heavy (non-hydrogen) atoms. The Morgan fingerprint density at radius 1 is 0.906 bits per heavy atom. The largest absolute Gasteiger partial charge is 0.497 e. The van der Waals surface area contributed by atoms with Gasteiger partial charge in [-0.2, -0.15) is 0 Å². The number of hydrogen-bond acceptors (Lipinski definition) is 6. The summed E-state index contributed by atoms with van der Waals surface area (Å²) in [6.45, 7) is 6.65. The highest BCUT2D eigenvalue weighted by atomic mass is 16.5. The van der Waals surface area contributed by atoms with Crippen LogP contribution in [0.5, 0.6) is 11.5 Å². The first-order valence-corrected chi connectivity index (χ1v) is 10.8. The molecule has 0 radical (unpaired) electrons. The predicted octanol–water partition coefficient (Wildman–Crippen LogP) is 2.80. The minimum Gasteiger partial charge on any atom is -0.497 e. The summed E-state index contributed by atoms with van der Waals surface area (Å²) in [6, 6.07) is 13.1. The normalized spacial score (nSPS) is 16.7. The summed E-state index contributed by atoms with van der Waals surface area (Å²) in [4.78, 5) is 30.0. The van der Waals surface area contributed by atoms with Crippen LogP contribution in [-0.2, 0) is 14.3 Å². The van der Waals surface area contributed by atoms with Crippen LogP contribution in [0.2, 0.25) is 0 Å². The van der Waals surface area contributed by atoms with Gasteiger partial charge in [0.25, 0.3) is 11.8 Å². The molecule has 2 heterocycles. The van der Waals surface area contributed by atoms with Crippen molar-refractivity contribution in [2.75, 3.05) is 46.6 Å². The smallest absolute Gasteiger partial charge is 0.277 e. The number of carbonyl (C=O) groups excluding carboxylic acids is 2. The third-order valence-corrected chi connectivity index (χ3v) is 5.91. The Bertz CT molecular complexity index is 1040. The van der Waals surface area contributed by atoms with Crippen molar-refractivity contribution in [1.29, 1.82) is 0 Å². The number of imide groups is 1. The lowest BCUT2D eigenvalue weighted by Gasteiger charge is -2.29. The van der Waals surface area contributed by atoms with E-state index in [1.807, 2.05) is 36.9 Å². The highest BCUT2D eigenvalue weighted by Crippen LogP contribution is 2.33. The Labute approximate surface area is 188 Å². The van der Waals surface area contributed by atoms with Gasteiger partial charge in [-0.15, -0.1) is 0 Å². The van der Waals surface area contributed by atoms with Crippen molar-refractivity contribution in [3.05, 3.63) is 64.9 Å². The first-order valence-electron chi connectivity index (χ1n) is 10.8. The lowest BCUT2D eigenvalue weighted by atomic mass is 9.99. The van der Waals surface area contributed by atoms with Crippen molar-refractivity contribution >= 4 is 17.4 Å². The molecular formula is C25H28N2O5. The van der Waals surface area contributed by atoms with Gasteiger partial charge in [0.05, 0.1) is 32.4 Å². The Hall–Kier alpha value is -3.32. The van der Waals surface area contributed by atoms with Crippen LogP contribution >= 0.6 is 0 Å². The fourth-order valence-electron chi connectivity index (χ4n) is 3.93. The van der Waals surface area contributed by atoms with Crippen LogP contribution < -0.4 is 9.47 Å². The molecule has 0 spiro atoms. The fraction of sp³-hybridized carbons (Fsp3) is 0.360. The molecule has 0 N–H and O–H groups in total. The third kappa shape index (κ3) is 4.34. The molecule has 0 unspecified atom stereocenters. The van der Waals surface area contributed by atoms with Gasteiger partial charge in [0.1, 0.15) is 23.8 Å². The fourth-order valence-corrected chi connectivity index (χ4v) is 3.93. The molecule has 7 nitrogen and oxygen atoms in total. The van der Waals surface area contributed by atoms with Gasteiger partial charge in [-0.05, 0) is 54.8 Å². The van der Waals surface area contributed by atoms with Crippen LogP contribution in [0.3, 0.4) is 0 Å². The van der Waals surface area contributed by atoms with Crippen molar-refractivity contribution in [2.24, 2.45) is 0 Å². The zero-order chi connectivity index (χ0) is 22.7. The number of amides is 2. The Kier molecular flexibility index (Phi) is 6.46. The molecule has 2 amide bonds. The minimum absolute atomic E-state index is 0.172. The maximum absolute atomic E-state index is 13.4. The second-order valence-corrected chi connectivity index (χ2v) is 7.91. The number of nitrogens with zero attached hydrogens (tertiary/aromatic N) is 2. The van der Waals surface area contributed by atoms with E-state index in [9.17, 15) is 9.59 Å². The molecule has 2 aliphatic heterocycles. The number of methoxy groups -OCH3 is 1. The van der Waals surface area contributed by atoms with E-state index in [2.05, 4.69) is 0 Å². The van der Waals surface area contributed by atoms with Gasteiger partial charge in [0, 0.05) is 13.1 Å². The molecule has 0 aromatic heterocycles. The summed E-state index contributed by atoms with van der Waals surface area (Å²) >= 11 is 0. The number of morpholine rings is 1. The van der Waals surface area contributed by atoms with E-state index in [1.165, 1.54) is 4.90 Å². The van der Waals surface area contributed by atoms with E-state index in [-0.39, 0.29) is 25.0 Å². The number of rotatable bonds is 7. The molecule has 4 rings (SSSR count). The standard InChI is InChI=1S/C25H28N2O5/c1-17-4-5-19(16-18(17)2)22-23(26-10-13-31-14-11-26)25(29)27(24(22)28)12-15-32-21-8-6-20(30-3)7-9-21/h4-9,16H,10-15H2,1-3H3. The van der Waals surface area contributed by atoms with Crippen molar-refractivity contribution in [3.8, 4) is 11.5 Å². The van der Waals surface area contributed by atoms with Crippen LogP contribution in [0.25, 0.3) is 5.57 Å². The van der Waals surface area contributed by atoms with E-state index in [1.54, 1.807) is 31.4 Å². The van der Waals surface area contributed by atoms with Crippen molar-refractivity contribution in [3.63, 3.8) is 0 Å². The Morgan fingerprint density at radius 3 is 2.25 bits per heavy atom. The van der Waals surface area contributed by atoms with E-state index >= 15 is 0 Å². The number of ether oxygens (including phenoxy) is 3. The summed E-state index contributed by atoms with van der Waals surface area (Å²) in [5.74, 6) is 0.835. The summed E-state index contributed by atoms with van der Waals surface area (Å²) in [5, 5.41) is 0. The van der Waals surface area contributed by atoms with E-state index in [0.717, 1.165) is 22.4 Å². The number of hydrogen-bond donors (Lipinski definition) is 0. The summed E-state index contributed by atoms with van der Waals surface area (Å²) in [6.07, 6.45) is 0. The van der Waals surface area contributed by atoms with Gasteiger partial charge < -0.3 is 19.1 Å². The molecule has 2 aromatic rings. The molecule has 7 heteroatoms. The Morgan fingerprint density at radius 2 is 1.59 bits per heavy atom. The molecular weight excluding hydrogens is 408 g/mol. The second-order valence-electron chi connectivity index (χ2n) is 7.91. The molecule has 2 aliphatic rings. The van der Waals surface area contributed by atoms with Crippen LogP contribution in [-0.4, -0.2) is 68.2 Å². The Balaban J connectivity index is 1.56. The summed E-state index contributed by atoms with van der Waals surface area (Å²) in [5.41, 5.74) is 3.92. The maximum atomic E-state index is 13.4. The van der Waals surface area contributed by atoms with Crippen LogP contribution in [0.1, 0.15) is 16.7 Å². The van der Waals surface area contributed by atoms with E-state index in [4.69, 9.17) is 14.2 Å². The molecule has 0 atom stereocenters. The second kappa shape index (κ2) is 9.44. The van der Waals surface area contributed by atoms with E-state index < -0.39 is 0 Å². The first kappa shape index (κ1) is 21.9. The molecule has 0 saturated carbocycles. The number of carbonyl (C=O) groups is 2. The predicted molar refractivity (Wildman–Crippen MR) is 120 cm³/mol. The topological polar surface area (TPSA) is 68.3 Å². The molecule has 168 valence electrons. The average Bonchev–Trinajstić information content (AvgIpc) is 3.06. The van der Waals surface area contributed by atoms with Crippen LogP contribution in [0.15, 0.2) is 48.2 Å². The zero-order valence-corrected chi connectivity index (χ0v) is 18.7. The lowest BCUT2D eigenvalue weighted by Crippen LogP contribution is -2.41. The summed E-state index contributed by atoms with van der Waals surface area (Å²) in [7, 11) is 1.60. The van der Waals surface area contributed by atoms with Crippen molar-refractivity contribution in [2.45, 2.75) is 13.8 Å². The number of aryl methyl sites for hydroxylation is 2. The molecule has 0 aliphatic carbocycles. The van der Waals surface area contributed by atoms with Gasteiger partial charge in [0.15, 0.2) is 0 Å². The van der Waals surface area contributed by atoms with Gasteiger partial charge in [-0.3, -0.25) is 14.5 Å². The average molecular weight is 437 g/mol. The van der Waals surface area contributed by atoms with Crippen molar-refractivity contribution < 1.29 is 23.8 Å². The molecule has 0 bridgehead atoms. The molecule has 1 saturated heterocycles. The highest BCUT2D eigenvalue weighted by molar-refractivity contribution is 6.35. The van der Waals surface area contributed by atoms with Gasteiger partial charge >= 0.3 is 0 Å². The van der Waals surface area contributed by atoms with Crippen molar-refractivity contribution in [1.82, 2.24) is 9.80 Å². The maximum Gasteiger partial charge on any atom is 0.277 e. The minimum atomic E-state index is -0.280. The SMILES string of the molecule is COc1ccc(OCCN2C(=O)C(c3ccc(C)c(C)c3)=C(N3CCOCC3)C2=O)cc1.